The first-order valence-corrected chi connectivity index (χ1v) is 6.00. The molecule has 1 aliphatic heterocycles. The molecular formula is C14H12FN3O. The van der Waals surface area contributed by atoms with Crippen LogP contribution in [0.5, 0.6) is 0 Å². The quantitative estimate of drug-likeness (QED) is 0.899. The van der Waals surface area contributed by atoms with Crippen molar-refractivity contribution in [3.63, 3.8) is 0 Å². The van der Waals surface area contributed by atoms with Gasteiger partial charge < -0.3 is 10.2 Å². The molecule has 0 bridgehead atoms. The molecule has 0 radical (unpaired) electrons. The van der Waals surface area contributed by atoms with Gasteiger partial charge in [0.15, 0.2) is 5.82 Å². The van der Waals surface area contributed by atoms with Crippen LogP contribution in [0.25, 0.3) is 0 Å². The van der Waals surface area contributed by atoms with Crippen LogP contribution in [0, 0.1) is 0 Å². The van der Waals surface area contributed by atoms with Crippen molar-refractivity contribution in [2.75, 3.05) is 23.4 Å². The first-order valence-electron chi connectivity index (χ1n) is 6.00. The van der Waals surface area contributed by atoms with Gasteiger partial charge in [-0.2, -0.15) is 0 Å². The summed E-state index contributed by atoms with van der Waals surface area (Å²) in [6.07, 6.45) is 1.64. The number of carbonyl (C=O) groups excluding carboxylic acids is 1. The van der Waals surface area contributed by atoms with Crippen LogP contribution in [0.1, 0.15) is 10.4 Å². The molecule has 96 valence electrons. The van der Waals surface area contributed by atoms with Crippen LogP contribution in [-0.2, 0) is 0 Å². The maximum atomic E-state index is 12.7. The molecule has 19 heavy (non-hydrogen) atoms. The van der Waals surface area contributed by atoms with E-state index in [0.29, 0.717) is 22.8 Å². The van der Waals surface area contributed by atoms with Gasteiger partial charge >= 0.3 is 0 Å². The number of hydrogen-bond acceptors (Lipinski definition) is 3. The van der Waals surface area contributed by atoms with Crippen molar-refractivity contribution in [1.29, 1.82) is 0 Å². The summed E-state index contributed by atoms with van der Waals surface area (Å²) in [5.41, 5.74) is 1.81. The first kappa shape index (κ1) is 11.6. The number of anilines is 3. The predicted molar refractivity (Wildman–Crippen MR) is 71.6 cm³/mol. The number of aromatic nitrogens is 1. The minimum Gasteiger partial charge on any atom is -0.338 e. The molecule has 1 amide bonds. The zero-order valence-electron chi connectivity index (χ0n) is 10.1. The van der Waals surface area contributed by atoms with E-state index in [2.05, 4.69) is 10.3 Å². The lowest BCUT2D eigenvalue weighted by Gasteiger charge is -2.20. The van der Waals surface area contributed by atoms with E-state index in [1.54, 1.807) is 30.5 Å². The van der Waals surface area contributed by atoms with Gasteiger partial charge in [-0.15, -0.1) is 0 Å². The molecule has 0 atom stereocenters. The summed E-state index contributed by atoms with van der Waals surface area (Å²) in [6, 6.07) is 10.7. The Bertz CT molecular complexity index is 630. The highest BCUT2D eigenvalue weighted by atomic mass is 19.1. The minimum absolute atomic E-state index is 0.0214. The summed E-state index contributed by atoms with van der Waals surface area (Å²) in [6.45, 7) is -0.574. The standard InChI is InChI=1S/C14H12FN3O/c15-7-9-18-12-6-3-8-16-13(12)17-11-5-2-1-4-10(11)14(18)19/h1-6,8H,7,9H2,(H,16,17). The monoisotopic (exact) mass is 257 g/mol. The van der Waals surface area contributed by atoms with E-state index in [4.69, 9.17) is 0 Å². The fourth-order valence-electron chi connectivity index (χ4n) is 2.18. The van der Waals surface area contributed by atoms with Gasteiger partial charge in [0, 0.05) is 6.20 Å². The molecule has 2 aromatic rings. The number of para-hydroxylation sites is 1. The Labute approximate surface area is 109 Å². The number of pyridine rings is 1. The molecule has 1 aromatic heterocycles. The van der Waals surface area contributed by atoms with E-state index in [1.165, 1.54) is 4.90 Å². The second kappa shape index (κ2) is 4.68. The maximum absolute atomic E-state index is 12.7. The Hall–Kier alpha value is -2.43. The first-order chi connectivity index (χ1) is 9.31. The third kappa shape index (κ3) is 1.93. The normalized spacial score (nSPS) is 13.3. The second-order valence-corrected chi connectivity index (χ2v) is 4.19. The number of fused-ring (bicyclic) bond motifs is 2. The molecule has 1 aromatic carbocycles. The Kier molecular flexibility index (Phi) is 2.87. The number of rotatable bonds is 2. The molecule has 1 N–H and O–H groups in total. The molecule has 3 rings (SSSR count). The molecule has 2 heterocycles. The van der Waals surface area contributed by atoms with Crippen LogP contribution in [0.2, 0.25) is 0 Å². The summed E-state index contributed by atoms with van der Waals surface area (Å²) >= 11 is 0. The zero-order chi connectivity index (χ0) is 13.2. The number of halogens is 1. The highest BCUT2D eigenvalue weighted by Gasteiger charge is 2.26. The van der Waals surface area contributed by atoms with Crippen molar-refractivity contribution in [1.82, 2.24) is 4.98 Å². The van der Waals surface area contributed by atoms with Gasteiger partial charge in [0.25, 0.3) is 5.91 Å². The van der Waals surface area contributed by atoms with Crippen molar-refractivity contribution in [3.05, 3.63) is 48.2 Å². The van der Waals surface area contributed by atoms with Crippen LogP contribution in [0.3, 0.4) is 0 Å². The number of nitrogens with one attached hydrogen (secondary N) is 1. The Morgan fingerprint density at radius 3 is 2.89 bits per heavy atom. The molecule has 0 saturated heterocycles. The lowest BCUT2D eigenvalue weighted by molar-refractivity contribution is 0.0986. The van der Waals surface area contributed by atoms with Gasteiger partial charge in [-0.05, 0) is 24.3 Å². The van der Waals surface area contributed by atoms with Crippen molar-refractivity contribution < 1.29 is 9.18 Å². The van der Waals surface area contributed by atoms with Crippen molar-refractivity contribution in [2.45, 2.75) is 0 Å². The van der Waals surface area contributed by atoms with E-state index < -0.39 is 6.67 Å². The maximum Gasteiger partial charge on any atom is 0.260 e. The summed E-state index contributed by atoms with van der Waals surface area (Å²) < 4.78 is 12.7. The third-order valence-corrected chi connectivity index (χ3v) is 3.04. The van der Waals surface area contributed by atoms with E-state index in [0.717, 1.165) is 0 Å². The molecule has 4 nitrogen and oxygen atoms in total. The molecule has 0 saturated carbocycles. The summed E-state index contributed by atoms with van der Waals surface area (Å²) in [5, 5.41) is 3.13. The largest absolute Gasteiger partial charge is 0.338 e. The number of amides is 1. The molecule has 0 fully saturated rings. The summed E-state index contributed by atoms with van der Waals surface area (Å²) in [4.78, 5) is 18.1. The van der Waals surface area contributed by atoms with Crippen LogP contribution < -0.4 is 10.2 Å². The lowest BCUT2D eigenvalue weighted by Crippen LogP contribution is -2.32. The minimum atomic E-state index is -0.595. The number of carbonyl (C=O) groups is 1. The second-order valence-electron chi connectivity index (χ2n) is 4.19. The van der Waals surface area contributed by atoms with Crippen LogP contribution in [-0.4, -0.2) is 24.1 Å². The average molecular weight is 257 g/mol. The molecular weight excluding hydrogens is 245 g/mol. The fourth-order valence-corrected chi connectivity index (χ4v) is 2.18. The Balaban J connectivity index is 2.18. The van der Waals surface area contributed by atoms with Gasteiger partial charge in [-0.3, -0.25) is 4.79 Å². The lowest BCUT2D eigenvalue weighted by atomic mass is 10.1. The molecule has 0 spiro atoms. The van der Waals surface area contributed by atoms with Gasteiger partial charge in [-0.25, -0.2) is 9.37 Å². The number of nitrogens with zero attached hydrogens (tertiary/aromatic N) is 2. The topological polar surface area (TPSA) is 45.2 Å². The Morgan fingerprint density at radius 1 is 1.21 bits per heavy atom. The van der Waals surface area contributed by atoms with E-state index in [9.17, 15) is 9.18 Å². The van der Waals surface area contributed by atoms with Gasteiger partial charge in [0.1, 0.15) is 6.67 Å². The SMILES string of the molecule is O=C1c2ccccc2Nc2ncccc2N1CCF. The van der Waals surface area contributed by atoms with Crippen LogP contribution in [0.4, 0.5) is 21.6 Å². The molecule has 1 aliphatic rings. The number of hydrogen-bond donors (Lipinski definition) is 1. The van der Waals surface area contributed by atoms with Crippen molar-refractivity contribution in [2.24, 2.45) is 0 Å². The molecule has 5 heteroatoms. The van der Waals surface area contributed by atoms with E-state index >= 15 is 0 Å². The Morgan fingerprint density at radius 2 is 2.05 bits per heavy atom. The van der Waals surface area contributed by atoms with Gasteiger partial charge in [0.2, 0.25) is 0 Å². The third-order valence-electron chi connectivity index (χ3n) is 3.04. The van der Waals surface area contributed by atoms with Crippen molar-refractivity contribution >= 4 is 23.1 Å². The van der Waals surface area contributed by atoms with Gasteiger partial charge in [-0.1, -0.05) is 12.1 Å². The number of alkyl halides is 1. The summed E-state index contributed by atoms with van der Waals surface area (Å²) in [5.74, 6) is 0.349. The number of benzene rings is 1. The highest BCUT2D eigenvalue weighted by molar-refractivity contribution is 6.13. The fraction of sp³-hybridized carbons (Fsp3) is 0.143. The van der Waals surface area contributed by atoms with E-state index in [-0.39, 0.29) is 12.5 Å². The van der Waals surface area contributed by atoms with Gasteiger partial charge in [0.05, 0.1) is 23.5 Å². The predicted octanol–water partition coefficient (Wildman–Crippen LogP) is 2.75. The van der Waals surface area contributed by atoms with Crippen LogP contribution >= 0.6 is 0 Å². The van der Waals surface area contributed by atoms with Crippen LogP contribution in [0.15, 0.2) is 42.6 Å². The molecule has 0 aliphatic carbocycles. The average Bonchev–Trinajstić information content (AvgIpc) is 2.56. The van der Waals surface area contributed by atoms with E-state index in [1.807, 2.05) is 12.1 Å². The summed E-state index contributed by atoms with van der Waals surface area (Å²) in [7, 11) is 0. The smallest absolute Gasteiger partial charge is 0.260 e. The highest BCUT2D eigenvalue weighted by Crippen LogP contribution is 2.33. The zero-order valence-corrected chi connectivity index (χ0v) is 10.1. The molecule has 0 unspecified atom stereocenters. The van der Waals surface area contributed by atoms with Crippen molar-refractivity contribution in [3.8, 4) is 0 Å².